The van der Waals surface area contributed by atoms with E-state index >= 15 is 0 Å². The van der Waals surface area contributed by atoms with Gasteiger partial charge in [-0.05, 0) is 50.3 Å². The van der Waals surface area contributed by atoms with Crippen molar-refractivity contribution in [3.05, 3.63) is 47.2 Å². The lowest BCUT2D eigenvalue weighted by Crippen LogP contribution is -2.06. The number of methoxy groups -OCH3 is 3. The number of carbonyl (C=O) groups is 1. The van der Waals surface area contributed by atoms with Gasteiger partial charge < -0.3 is 28.4 Å². The monoisotopic (exact) mass is 427 g/mol. The molecular weight excluding hydrogens is 402 g/mol. The number of benzene rings is 2. The summed E-state index contributed by atoms with van der Waals surface area (Å²) in [5.41, 5.74) is 1.33. The molecule has 0 saturated heterocycles. The van der Waals surface area contributed by atoms with Gasteiger partial charge in [-0.2, -0.15) is 0 Å². The standard InChI is InChI=1S/C23H25NO7/c1-6-29-17-10-9-15(13-19(17)30-7-2)22-24-16(23(25)31-22)12-14-8-11-18(26-3)21(28-5)20(14)27-4/h8-13H,6-7H2,1-5H3/b16-12-. The van der Waals surface area contributed by atoms with E-state index in [-0.39, 0.29) is 11.6 Å². The third-order valence-corrected chi connectivity index (χ3v) is 4.44. The van der Waals surface area contributed by atoms with Crippen LogP contribution >= 0.6 is 0 Å². The summed E-state index contributed by atoms with van der Waals surface area (Å²) in [6, 6.07) is 8.73. The van der Waals surface area contributed by atoms with E-state index in [0.29, 0.717) is 53.1 Å². The van der Waals surface area contributed by atoms with Gasteiger partial charge in [-0.1, -0.05) is 0 Å². The van der Waals surface area contributed by atoms with E-state index < -0.39 is 5.97 Å². The summed E-state index contributed by atoms with van der Waals surface area (Å²) in [5, 5.41) is 0. The molecule has 0 amide bonds. The van der Waals surface area contributed by atoms with Crippen LogP contribution in [0.15, 0.2) is 41.0 Å². The largest absolute Gasteiger partial charge is 0.493 e. The first-order valence-electron chi connectivity index (χ1n) is 9.77. The smallest absolute Gasteiger partial charge is 0.363 e. The molecule has 1 aliphatic heterocycles. The molecule has 8 heteroatoms. The van der Waals surface area contributed by atoms with Crippen LogP contribution in [0.2, 0.25) is 0 Å². The van der Waals surface area contributed by atoms with Crippen molar-refractivity contribution < 1.29 is 33.2 Å². The summed E-state index contributed by atoms with van der Waals surface area (Å²) in [6.07, 6.45) is 1.58. The Morgan fingerprint density at radius 2 is 1.55 bits per heavy atom. The van der Waals surface area contributed by atoms with Gasteiger partial charge in [-0.25, -0.2) is 9.79 Å². The number of aliphatic imine (C=N–C) groups is 1. The van der Waals surface area contributed by atoms with Gasteiger partial charge in [-0.15, -0.1) is 0 Å². The molecule has 0 aromatic heterocycles. The molecule has 0 radical (unpaired) electrons. The molecule has 1 heterocycles. The lowest BCUT2D eigenvalue weighted by Gasteiger charge is -2.14. The molecule has 0 spiro atoms. The van der Waals surface area contributed by atoms with E-state index in [1.54, 1.807) is 36.4 Å². The summed E-state index contributed by atoms with van der Waals surface area (Å²) in [5.74, 6) is 2.13. The molecule has 8 nitrogen and oxygen atoms in total. The Labute approximate surface area is 181 Å². The molecule has 0 aliphatic carbocycles. The molecule has 3 rings (SSSR count). The third kappa shape index (κ3) is 4.58. The molecule has 2 aromatic rings. The number of hydrogen-bond acceptors (Lipinski definition) is 8. The second-order valence-corrected chi connectivity index (χ2v) is 6.29. The van der Waals surface area contributed by atoms with Crippen molar-refractivity contribution >= 4 is 17.9 Å². The number of cyclic esters (lactones) is 1. The van der Waals surface area contributed by atoms with Crippen molar-refractivity contribution in [2.45, 2.75) is 13.8 Å². The Kier molecular flexibility index (Phi) is 7.02. The predicted molar refractivity (Wildman–Crippen MR) is 115 cm³/mol. The van der Waals surface area contributed by atoms with Gasteiger partial charge >= 0.3 is 5.97 Å². The lowest BCUT2D eigenvalue weighted by molar-refractivity contribution is -0.129. The highest BCUT2D eigenvalue weighted by molar-refractivity contribution is 6.13. The highest BCUT2D eigenvalue weighted by atomic mass is 16.6. The van der Waals surface area contributed by atoms with Crippen LogP contribution in [0.4, 0.5) is 0 Å². The third-order valence-electron chi connectivity index (χ3n) is 4.44. The van der Waals surface area contributed by atoms with Crippen LogP contribution in [0.1, 0.15) is 25.0 Å². The number of esters is 1. The van der Waals surface area contributed by atoms with Crippen LogP contribution < -0.4 is 23.7 Å². The fourth-order valence-electron chi connectivity index (χ4n) is 3.10. The van der Waals surface area contributed by atoms with Gasteiger partial charge in [0.25, 0.3) is 0 Å². The molecule has 1 aliphatic rings. The number of rotatable bonds is 9. The summed E-state index contributed by atoms with van der Waals surface area (Å²) in [7, 11) is 4.56. The zero-order valence-corrected chi connectivity index (χ0v) is 18.2. The minimum atomic E-state index is -0.571. The predicted octanol–water partition coefficient (Wildman–Crippen LogP) is 3.85. The number of nitrogens with zero attached hydrogens (tertiary/aromatic N) is 1. The summed E-state index contributed by atoms with van der Waals surface area (Å²) < 4.78 is 32.8. The topological polar surface area (TPSA) is 84.8 Å². The van der Waals surface area contributed by atoms with Crippen LogP contribution in [-0.2, 0) is 9.53 Å². The van der Waals surface area contributed by atoms with E-state index in [0.717, 1.165) is 0 Å². The first-order valence-corrected chi connectivity index (χ1v) is 9.77. The zero-order valence-electron chi connectivity index (χ0n) is 18.2. The van der Waals surface area contributed by atoms with Gasteiger partial charge in [0.15, 0.2) is 28.7 Å². The van der Waals surface area contributed by atoms with Gasteiger partial charge in [0.2, 0.25) is 11.6 Å². The number of ether oxygens (including phenoxy) is 6. The molecule has 31 heavy (non-hydrogen) atoms. The van der Waals surface area contributed by atoms with Gasteiger partial charge in [0.1, 0.15) is 0 Å². The van der Waals surface area contributed by atoms with E-state index in [2.05, 4.69) is 4.99 Å². The summed E-state index contributed by atoms with van der Waals surface area (Å²) >= 11 is 0. The second kappa shape index (κ2) is 9.88. The van der Waals surface area contributed by atoms with Crippen LogP contribution in [0.5, 0.6) is 28.7 Å². The molecule has 0 atom stereocenters. The molecule has 0 unspecified atom stereocenters. The van der Waals surface area contributed by atoms with Crippen LogP contribution in [-0.4, -0.2) is 46.4 Å². The lowest BCUT2D eigenvalue weighted by atomic mass is 10.1. The molecule has 0 fully saturated rings. The average Bonchev–Trinajstić information content (AvgIpc) is 3.14. The fraction of sp³-hybridized carbons (Fsp3) is 0.304. The highest BCUT2D eigenvalue weighted by Crippen LogP contribution is 2.41. The Bertz CT molecular complexity index is 1030. The maximum Gasteiger partial charge on any atom is 0.363 e. The summed E-state index contributed by atoms with van der Waals surface area (Å²) in [6.45, 7) is 4.76. The molecule has 2 aromatic carbocycles. The summed E-state index contributed by atoms with van der Waals surface area (Å²) in [4.78, 5) is 16.8. The van der Waals surface area contributed by atoms with Crippen molar-refractivity contribution in [1.29, 1.82) is 0 Å². The van der Waals surface area contributed by atoms with E-state index in [1.165, 1.54) is 21.3 Å². The molecule has 0 bridgehead atoms. The van der Waals surface area contributed by atoms with Crippen LogP contribution in [0.25, 0.3) is 6.08 Å². The maximum absolute atomic E-state index is 12.5. The Morgan fingerprint density at radius 1 is 0.871 bits per heavy atom. The Morgan fingerprint density at radius 3 is 2.19 bits per heavy atom. The average molecular weight is 427 g/mol. The minimum absolute atomic E-state index is 0.132. The van der Waals surface area contributed by atoms with Crippen molar-refractivity contribution in [2.24, 2.45) is 4.99 Å². The Balaban J connectivity index is 1.99. The van der Waals surface area contributed by atoms with Crippen molar-refractivity contribution in [3.8, 4) is 28.7 Å². The highest BCUT2D eigenvalue weighted by Gasteiger charge is 2.26. The van der Waals surface area contributed by atoms with Crippen molar-refractivity contribution in [2.75, 3.05) is 34.5 Å². The SMILES string of the molecule is CCOc1ccc(C2=N/C(=C\c3ccc(OC)c(OC)c3OC)C(=O)O2)cc1OCC. The fourth-order valence-corrected chi connectivity index (χ4v) is 3.10. The van der Waals surface area contributed by atoms with Gasteiger partial charge in [-0.3, -0.25) is 0 Å². The normalized spacial score (nSPS) is 14.2. The second-order valence-electron chi connectivity index (χ2n) is 6.29. The molecular formula is C23H25NO7. The van der Waals surface area contributed by atoms with Gasteiger partial charge in [0, 0.05) is 11.1 Å². The van der Waals surface area contributed by atoms with E-state index in [1.807, 2.05) is 13.8 Å². The zero-order chi connectivity index (χ0) is 22.4. The van der Waals surface area contributed by atoms with Gasteiger partial charge in [0.05, 0.1) is 34.5 Å². The minimum Gasteiger partial charge on any atom is -0.493 e. The van der Waals surface area contributed by atoms with E-state index in [4.69, 9.17) is 28.4 Å². The van der Waals surface area contributed by atoms with Crippen molar-refractivity contribution in [1.82, 2.24) is 0 Å². The number of carbonyl (C=O) groups excluding carboxylic acids is 1. The first kappa shape index (κ1) is 22.0. The van der Waals surface area contributed by atoms with Crippen LogP contribution in [0, 0.1) is 0 Å². The quantitative estimate of drug-likeness (QED) is 0.444. The van der Waals surface area contributed by atoms with E-state index in [9.17, 15) is 4.79 Å². The van der Waals surface area contributed by atoms with Crippen LogP contribution in [0.3, 0.4) is 0 Å². The number of hydrogen-bond donors (Lipinski definition) is 0. The molecule has 0 saturated carbocycles. The maximum atomic E-state index is 12.5. The molecule has 0 N–H and O–H groups in total. The molecule has 164 valence electrons. The van der Waals surface area contributed by atoms with Crippen molar-refractivity contribution in [3.63, 3.8) is 0 Å². The Hall–Kier alpha value is -3.68. The first-order chi connectivity index (χ1) is 15.1.